The van der Waals surface area contributed by atoms with Gasteiger partial charge in [0.05, 0.1) is 5.52 Å². The quantitative estimate of drug-likeness (QED) is 0.726. The van der Waals surface area contributed by atoms with E-state index in [-0.39, 0.29) is 11.7 Å². The molecule has 0 aliphatic carbocycles. The number of nitrogens with zero attached hydrogens (tertiary/aromatic N) is 1. The Morgan fingerprint density at radius 2 is 1.91 bits per heavy atom. The van der Waals surface area contributed by atoms with Gasteiger partial charge in [0.25, 0.3) is 0 Å². The van der Waals surface area contributed by atoms with Gasteiger partial charge in [0.1, 0.15) is 11.9 Å². The summed E-state index contributed by atoms with van der Waals surface area (Å²) in [5, 5.41) is 3.34. The second kappa shape index (κ2) is 5.52. The lowest BCUT2D eigenvalue weighted by atomic mass is 10.2. The zero-order valence-corrected chi connectivity index (χ0v) is 12.1. The highest BCUT2D eigenvalue weighted by molar-refractivity contribution is 5.95. The van der Waals surface area contributed by atoms with E-state index in [1.807, 2.05) is 0 Å². The highest BCUT2D eigenvalue weighted by atomic mass is 19.1. The number of rotatable bonds is 3. The fraction of sp³-hybridized carbons (Fsp3) is 0.118. The topological polar surface area (TPSA) is 60.1 Å². The number of nitrogens with two attached hydrogens (primary N) is 1. The molecule has 1 amide bonds. The van der Waals surface area contributed by atoms with Gasteiger partial charge in [-0.3, -0.25) is 4.79 Å². The summed E-state index contributed by atoms with van der Waals surface area (Å²) in [6, 6.07) is 13.0. The molecule has 1 heterocycles. The monoisotopic (exact) mass is 297 g/mol. The van der Waals surface area contributed by atoms with Crippen molar-refractivity contribution in [2.24, 2.45) is 0 Å². The normalized spacial score (nSPS) is 12.3. The van der Waals surface area contributed by atoms with Crippen molar-refractivity contribution in [1.29, 1.82) is 0 Å². The van der Waals surface area contributed by atoms with Crippen LogP contribution in [0.25, 0.3) is 10.9 Å². The molecule has 1 unspecified atom stereocenters. The van der Waals surface area contributed by atoms with Gasteiger partial charge in [-0.25, -0.2) is 4.39 Å². The second-order valence-electron chi connectivity index (χ2n) is 5.18. The van der Waals surface area contributed by atoms with E-state index in [0.717, 1.165) is 0 Å². The van der Waals surface area contributed by atoms with Crippen LogP contribution in [-0.4, -0.2) is 10.5 Å². The molecule has 4 nitrogen and oxygen atoms in total. The number of amides is 1. The number of fused-ring (bicyclic) bond motifs is 1. The second-order valence-corrected chi connectivity index (χ2v) is 5.18. The summed E-state index contributed by atoms with van der Waals surface area (Å²) >= 11 is 0. The van der Waals surface area contributed by atoms with Crippen molar-refractivity contribution < 1.29 is 9.18 Å². The van der Waals surface area contributed by atoms with Crippen molar-refractivity contribution in [3.05, 3.63) is 60.5 Å². The van der Waals surface area contributed by atoms with Gasteiger partial charge in [-0.05, 0) is 49.4 Å². The third-order valence-corrected chi connectivity index (χ3v) is 3.68. The molecular weight excluding hydrogens is 281 g/mol. The molecule has 0 spiro atoms. The first-order chi connectivity index (χ1) is 10.6. The fourth-order valence-corrected chi connectivity index (χ4v) is 2.43. The van der Waals surface area contributed by atoms with Crippen LogP contribution in [0.5, 0.6) is 0 Å². The maximum absolute atomic E-state index is 13.7. The van der Waals surface area contributed by atoms with E-state index in [2.05, 4.69) is 5.32 Å². The average molecular weight is 297 g/mol. The summed E-state index contributed by atoms with van der Waals surface area (Å²) in [6.45, 7) is 1.77. The first kappa shape index (κ1) is 14.1. The van der Waals surface area contributed by atoms with Crippen LogP contribution in [-0.2, 0) is 4.79 Å². The van der Waals surface area contributed by atoms with Crippen molar-refractivity contribution in [1.82, 2.24) is 4.57 Å². The standard InChI is InChI=1S/C17H16FN3O/c1-11(17(22)20-13-7-5-12(19)6-8-13)21-10-9-14-15(18)3-2-4-16(14)21/h2-11H,19H2,1H3,(H,20,22). The van der Waals surface area contributed by atoms with Crippen molar-refractivity contribution in [2.75, 3.05) is 11.1 Å². The number of anilines is 2. The summed E-state index contributed by atoms with van der Waals surface area (Å²) in [6.07, 6.45) is 1.72. The molecule has 22 heavy (non-hydrogen) atoms. The highest BCUT2D eigenvalue weighted by Gasteiger charge is 2.17. The number of nitrogen functional groups attached to an aromatic ring is 1. The van der Waals surface area contributed by atoms with Crippen molar-refractivity contribution in [3.63, 3.8) is 0 Å². The predicted molar refractivity (Wildman–Crippen MR) is 86.1 cm³/mol. The zero-order valence-electron chi connectivity index (χ0n) is 12.1. The van der Waals surface area contributed by atoms with Gasteiger partial charge in [0.15, 0.2) is 0 Å². The third kappa shape index (κ3) is 2.53. The number of benzene rings is 2. The van der Waals surface area contributed by atoms with Gasteiger partial charge in [-0.2, -0.15) is 0 Å². The molecule has 1 aromatic heterocycles. The van der Waals surface area contributed by atoms with Crippen LogP contribution in [0.3, 0.4) is 0 Å². The molecule has 5 heteroatoms. The van der Waals surface area contributed by atoms with Crippen LogP contribution < -0.4 is 11.1 Å². The minimum Gasteiger partial charge on any atom is -0.399 e. The molecule has 0 bridgehead atoms. The molecular formula is C17H16FN3O. The van der Waals surface area contributed by atoms with Gasteiger partial charge in [0.2, 0.25) is 5.91 Å². The van der Waals surface area contributed by atoms with Gasteiger partial charge in [-0.15, -0.1) is 0 Å². The SMILES string of the molecule is CC(C(=O)Nc1ccc(N)cc1)n1ccc2c(F)cccc21. The van der Waals surface area contributed by atoms with Crippen LogP contribution in [0.4, 0.5) is 15.8 Å². The number of carbonyl (C=O) groups excluding carboxylic acids is 1. The van der Waals surface area contributed by atoms with Crippen molar-refractivity contribution >= 4 is 28.2 Å². The zero-order chi connectivity index (χ0) is 15.7. The molecule has 0 radical (unpaired) electrons. The largest absolute Gasteiger partial charge is 0.399 e. The van der Waals surface area contributed by atoms with E-state index in [0.29, 0.717) is 22.3 Å². The number of carbonyl (C=O) groups is 1. The number of hydrogen-bond acceptors (Lipinski definition) is 2. The van der Waals surface area contributed by atoms with Gasteiger partial charge < -0.3 is 15.6 Å². The van der Waals surface area contributed by atoms with Gasteiger partial charge >= 0.3 is 0 Å². The van der Waals surface area contributed by atoms with Gasteiger partial charge in [-0.1, -0.05) is 6.07 Å². The lowest BCUT2D eigenvalue weighted by molar-refractivity contribution is -0.118. The molecule has 2 aromatic carbocycles. The lowest BCUT2D eigenvalue weighted by Crippen LogP contribution is -2.23. The fourth-order valence-electron chi connectivity index (χ4n) is 2.43. The Morgan fingerprint density at radius 1 is 1.18 bits per heavy atom. The molecule has 1 atom stereocenters. The Labute approximate surface area is 127 Å². The smallest absolute Gasteiger partial charge is 0.247 e. The maximum Gasteiger partial charge on any atom is 0.247 e. The maximum atomic E-state index is 13.7. The first-order valence-electron chi connectivity index (χ1n) is 6.98. The Hall–Kier alpha value is -2.82. The molecule has 3 aromatic rings. The summed E-state index contributed by atoms with van der Waals surface area (Å²) in [5.41, 5.74) is 7.62. The Balaban J connectivity index is 1.85. The molecule has 3 rings (SSSR count). The average Bonchev–Trinajstić information content (AvgIpc) is 2.94. The highest BCUT2D eigenvalue weighted by Crippen LogP contribution is 2.23. The van der Waals surface area contributed by atoms with E-state index in [1.54, 1.807) is 60.2 Å². The molecule has 0 aliphatic heterocycles. The predicted octanol–water partition coefficient (Wildman–Crippen LogP) is 3.56. The minimum absolute atomic E-state index is 0.175. The molecule has 0 saturated carbocycles. The van der Waals surface area contributed by atoms with E-state index in [4.69, 9.17) is 5.73 Å². The van der Waals surface area contributed by atoms with Crippen LogP contribution in [0.15, 0.2) is 54.7 Å². The van der Waals surface area contributed by atoms with Crippen molar-refractivity contribution in [3.8, 4) is 0 Å². The molecule has 0 saturated heterocycles. The van der Waals surface area contributed by atoms with E-state index >= 15 is 0 Å². The minimum atomic E-state index is -0.461. The van der Waals surface area contributed by atoms with Crippen LogP contribution in [0, 0.1) is 5.82 Å². The summed E-state index contributed by atoms with van der Waals surface area (Å²) in [7, 11) is 0. The summed E-state index contributed by atoms with van der Waals surface area (Å²) in [4.78, 5) is 12.4. The number of nitrogens with one attached hydrogen (secondary N) is 1. The molecule has 0 aliphatic rings. The molecule has 0 fully saturated rings. The first-order valence-corrected chi connectivity index (χ1v) is 6.98. The van der Waals surface area contributed by atoms with Crippen LogP contribution in [0.2, 0.25) is 0 Å². The lowest BCUT2D eigenvalue weighted by Gasteiger charge is -2.15. The number of halogens is 1. The number of aromatic nitrogens is 1. The van der Waals surface area contributed by atoms with Crippen molar-refractivity contribution in [2.45, 2.75) is 13.0 Å². The third-order valence-electron chi connectivity index (χ3n) is 3.68. The van der Waals surface area contributed by atoms with Crippen LogP contribution >= 0.6 is 0 Å². The van der Waals surface area contributed by atoms with E-state index < -0.39 is 6.04 Å². The molecule has 112 valence electrons. The summed E-state index contributed by atoms with van der Waals surface area (Å²) < 4.78 is 15.5. The van der Waals surface area contributed by atoms with Crippen LogP contribution in [0.1, 0.15) is 13.0 Å². The van der Waals surface area contributed by atoms with E-state index in [9.17, 15) is 9.18 Å². The number of hydrogen-bond donors (Lipinski definition) is 2. The Bertz CT molecular complexity index is 824. The Kier molecular flexibility index (Phi) is 3.55. The Morgan fingerprint density at radius 3 is 2.64 bits per heavy atom. The summed E-state index contributed by atoms with van der Waals surface area (Å²) in [5.74, 6) is -0.464. The van der Waals surface area contributed by atoms with E-state index in [1.165, 1.54) is 6.07 Å². The van der Waals surface area contributed by atoms with Gasteiger partial charge in [0, 0.05) is 23.0 Å². The molecule has 3 N–H and O–H groups in total.